The monoisotopic (exact) mass is 299 g/mol. The lowest BCUT2D eigenvalue weighted by atomic mass is 10.2. The highest BCUT2D eigenvalue weighted by atomic mass is 35.5. The molecule has 90 valence electrons. The summed E-state index contributed by atoms with van der Waals surface area (Å²) in [4.78, 5) is 3.45. The smallest absolute Gasteiger partial charge is 0.243 e. The van der Waals surface area contributed by atoms with Crippen LogP contribution in [0.25, 0.3) is 10.9 Å². The maximum Gasteiger partial charge on any atom is 0.433 e. The van der Waals surface area contributed by atoms with Crippen LogP contribution in [0.3, 0.4) is 0 Å². The standard InChI is InChI=1S/C10H3Cl3F3N/c11-4-1-5(12)9-6(13)3-8(10(14,15)16)17-7(9)2-4/h1-3H. The van der Waals surface area contributed by atoms with Crippen LogP contribution in [-0.2, 0) is 6.18 Å². The Balaban J connectivity index is 2.82. The summed E-state index contributed by atoms with van der Waals surface area (Å²) in [5, 5.41) is 0.513. The lowest BCUT2D eigenvalue weighted by Crippen LogP contribution is -2.08. The molecule has 0 saturated heterocycles. The van der Waals surface area contributed by atoms with E-state index in [2.05, 4.69) is 4.98 Å². The number of benzene rings is 1. The molecule has 0 radical (unpaired) electrons. The van der Waals surface area contributed by atoms with E-state index in [1.807, 2.05) is 0 Å². The topological polar surface area (TPSA) is 12.9 Å². The Labute approximate surface area is 109 Å². The number of aromatic nitrogens is 1. The van der Waals surface area contributed by atoms with Gasteiger partial charge in [0.05, 0.1) is 15.6 Å². The molecular weight excluding hydrogens is 297 g/mol. The van der Waals surface area contributed by atoms with Crippen molar-refractivity contribution in [1.29, 1.82) is 0 Å². The molecule has 2 rings (SSSR count). The second-order valence-electron chi connectivity index (χ2n) is 3.27. The summed E-state index contributed by atoms with van der Waals surface area (Å²) in [6.07, 6.45) is -4.56. The molecular formula is C10H3Cl3F3N. The third kappa shape index (κ3) is 2.44. The van der Waals surface area contributed by atoms with E-state index in [9.17, 15) is 13.2 Å². The van der Waals surface area contributed by atoms with Crippen molar-refractivity contribution in [3.63, 3.8) is 0 Å². The Morgan fingerprint density at radius 2 is 1.53 bits per heavy atom. The van der Waals surface area contributed by atoms with Crippen LogP contribution in [-0.4, -0.2) is 4.98 Å². The molecule has 0 unspecified atom stereocenters. The van der Waals surface area contributed by atoms with Crippen LogP contribution >= 0.6 is 34.8 Å². The highest BCUT2D eigenvalue weighted by Crippen LogP contribution is 2.36. The van der Waals surface area contributed by atoms with Gasteiger partial charge in [0.25, 0.3) is 0 Å². The normalized spacial score (nSPS) is 12.1. The molecule has 0 aliphatic rings. The van der Waals surface area contributed by atoms with Gasteiger partial charge < -0.3 is 0 Å². The summed E-state index contributed by atoms with van der Waals surface area (Å²) < 4.78 is 37.5. The van der Waals surface area contributed by atoms with Crippen LogP contribution in [0.4, 0.5) is 13.2 Å². The molecule has 1 nitrogen and oxygen atoms in total. The zero-order valence-corrected chi connectivity index (χ0v) is 10.2. The molecule has 0 bridgehead atoms. The highest BCUT2D eigenvalue weighted by molar-refractivity contribution is 6.43. The minimum Gasteiger partial charge on any atom is -0.243 e. The van der Waals surface area contributed by atoms with Gasteiger partial charge in [0.15, 0.2) is 0 Å². The second kappa shape index (κ2) is 4.19. The van der Waals surface area contributed by atoms with Gasteiger partial charge >= 0.3 is 6.18 Å². The van der Waals surface area contributed by atoms with Crippen molar-refractivity contribution in [2.75, 3.05) is 0 Å². The Bertz CT molecular complexity index is 595. The zero-order valence-electron chi connectivity index (χ0n) is 7.95. The first-order valence-corrected chi connectivity index (χ1v) is 5.45. The van der Waals surface area contributed by atoms with Crippen molar-refractivity contribution in [3.8, 4) is 0 Å². The third-order valence-corrected chi connectivity index (χ3v) is 2.88. The summed E-state index contributed by atoms with van der Waals surface area (Å²) in [6.45, 7) is 0. The lowest BCUT2D eigenvalue weighted by Gasteiger charge is -2.09. The molecule has 0 aliphatic heterocycles. The summed E-state index contributed by atoms with van der Waals surface area (Å²) in [5.41, 5.74) is -1.06. The van der Waals surface area contributed by atoms with E-state index in [0.717, 1.165) is 6.07 Å². The van der Waals surface area contributed by atoms with Gasteiger partial charge in [-0.05, 0) is 18.2 Å². The van der Waals surface area contributed by atoms with E-state index in [1.165, 1.54) is 12.1 Å². The van der Waals surface area contributed by atoms with Crippen molar-refractivity contribution in [2.45, 2.75) is 6.18 Å². The van der Waals surface area contributed by atoms with Crippen LogP contribution in [0.1, 0.15) is 5.69 Å². The van der Waals surface area contributed by atoms with Gasteiger partial charge in [0, 0.05) is 10.4 Å². The Kier molecular flexibility index (Phi) is 3.14. The number of halogens is 6. The second-order valence-corrected chi connectivity index (χ2v) is 4.52. The fourth-order valence-corrected chi connectivity index (χ4v) is 2.32. The largest absolute Gasteiger partial charge is 0.433 e. The number of hydrogen-bond donors (Lipinski definition) is 0. The first-order valence-electron chi connectivity index (χ1n) is 4.31. The fourth-order valence-electron chi connectivity index (χ4n) is 1.38. The molecule has 17 heavy (non-hydrogen) atoms. The van der Waals surface area contributed by atoms with Crippen molar-refractivity contribution >= 4 is 45.7 Å². The number of alkyl halides is 3. The Morgan fingerprint density at radius 3 is 2.12 bits per heavy atom. The van der Waals surface area contributed by atoms with Gasteiger partial charge in [0.1, 0.15) is 5.69 Å². The van der Waals surface area contributed by atoms with Gasteiger partial charge in [-0.25, -0.2) is 4.98 Å². The number of fused-ring (bicyclic) bond motifs is 1. The number of rotatable bonds is 0. The van der Waals surface area contributed by atoms with Crippen LogP contribution in [0.2, 0.25) is 15.1 Å². The molecule has 0 aliphatic carbocycles. The van der Waals surface area contributed by atoms with Crippen molar-refractivity contribution in [3.05, 3.63) is 39.0 Å². The molecule has 1 aromatic heterocycles. The van der Waals surface area contributed by atoms with E-state index in [-0.39, 0.29) is 26.0 Å². The van der Waals surface area contributed by atoms with E-state index in [4.69, 9.17) is 34.8 Å². The van der Waals surface area contributed by atoms with E-state index < -0.39 is 11.9 Å². The van der Waals surface area contributed by atoms with Crippen LogP contribution in [0, 0.1) is 0 Å². The summed E-state index contributed by atoms with van der Waals surface area (Å²) in [5.74, 6) is 0. The Morgan fingerprint density at radius 1 is 0.941 bits per heavy atom. The van der Waals surface area contributed by atoms with E-state index in [1.54, 1.807) is 0 Å². The Hall–Kier alpha value is -0.710. The first kappa shape index (κ1) is 12.7. The summed E-state index contributed by atoms with van der Waals surface area (Å²) >= 11 is 17.3. The van der Waals surface area contributed by atoms with Crippen molar-refractivity contribution in [2.24, 2.45) is 0 Å². The first-order chi connectivity index (χ1) is 7.79. The lowest BCUT2D eigenvalue weighted by molar-refractivity contribution is -0.140. The van der Waals surface area contributed by atoms with Gasteiger partial charge in [-0.2, -0.15) is 13.2 Å². The average molecular weight is 300 g/mol. The molecule has 1 aromatic carbocycles. The molecule has 0 atom stereocenters. The molecule has 1 heterocycles. The van der Waals surface area contributed by atoms with Crippen LogP contribution < -0.4 is 0 Å². The molecule has 0 saturated carbocycles. The maximum absolute atomic E-state index is 12.5. The average Bonchev–Trinajstić information content (AvgIpc) is 2.13. The third-order valence-electron chi connectivity index (χ3n) is 2.07. The molecule has 0 spiro atoms. The molecule has 0 amide bonds. The zero-order chi connectivity index (χ0) is 12.8. The maximum atomic E-state index is 12.5. The van der Waals surface area contributed by atoms with Crippen molar-refractivity contribution < 1.29 is 13.2 Å². The molecule has 2 aromatic rings. The van der Waals surface area contributed by atoms with Gasteiger partial charge in [0.2, 0.25) is 0 Å². The molecule has 0 N–H and O–H groups in total. The molecule has 0 fully saturated rings. The minimum absolute atomic E-state index is 0.0160. The predicted octanol–water partition coefficient (Wildman–Crippen LogP) is 5.21. The number of hydrogen-bond acceptors (Lipinski definition) is 1. The fraction of sp³-hybridized carbons (Fsp3) is 0.100. The van der Waals surface area contributed by atoms with Gasteiger partial charge in [-0.3, -0.25) is 0 Å². The van der Waals surface area contributed by atoms with Gasteiger partial charge in [-0.15, -0.1) is 0 Å². The van der Waals surface area contributed by atoms with Crippen LogP contribution in [0.5, 0.6) is 0 Å². The number of pyridine rings is 1. The summed E-state index contributed by atoms with van der Waals surface area (Å²) in [7, 11) is 0. The SMILES string of the molecule is FC(F)(F)c1cc(Cl)c2c(Cl)cc(Cl)cc2n1. The van der Waals surface area contributed by atoms with E-state index in [0.29, 0.717) is 0 Å². The predicted molar refractivity (Wildman–Crippen MR) is 61.8 cm³/mol. The highest BCUT2D eigenvalue weighted by Gasteiger charge is 2.33. The quantitative estimate of drug-likeness (QED) is 0.650. The minimum atomic E-state index is -4.56. The summed E-state index contributed by atoms with van der Waals surface area (Å²) in [6, 6.07) is 3.42. The van der Waals surface area contributed by atoms with Crippen LogP contribution in [0.15, 0.2) is 18.2 Å². The van der Waals surface area contributed by atoms with Crippen molar-refractivity contribution in [1.82, 2.24) is 4.98 Å². The van der Waals surface area contributed by atoms with Gasteiger partial charge in [-0.1, -0.05) is 34.8 Å². The number of nitrogens with zero attached hydrogens (tertiary/aromatic N) is 1. The molecule has 7 heteroatoms. The van der Waals surface area contributed by atoms with E-state index >= 15 is 0 Å².